The zero-order chi connectivity index (χ0) is 23.4. The maximum atomic E-state index is 13.8. The quantitative estimate of drug-likeness (QED) is 0.499. The van der Waals surface area contributed by atoms with Crippen LogP contribution in [0.25, 0.3) is 0 Å². The SMILES string of the molecule is O=C(NCCc1ccccc1C(F)(F)F)c1cccc(S(=O)(=O)Nc2ccccc2F)c1. The predicted molar refractivity (Wildman–Crippen MR) is 111 cm³/mol. The van der Waals surface area contributed by atoms with E-state index in [0.717, 1.165) is 18.2 Å². The van der Waals surface area contributed by atoms with Crippen molar-refractivity contribution in [3.8, 4) is 0 Å². The Balaban J connectivity index is 1.69. The Morgan fingerprint density at radius 2 is 1.59 bits per heavy atom. The molecule has 3 aromatic carbocycles. The molecule has 0 aliphatic rings. The summed E-state index contributed by atoms with van der Waals surface area (Å²) in [5.41, 5.74) is -0.997. The first kappa shape index (κ1) is 23.3. The van der Waals surface area contributed by atoms with Crippen LogP contribution >= 0.6 is 0 Å². The first-order valence-corrected chi connectivity index (χ1v) is 10.9. The minimum absolute atomic E-state index is 0.00878. The maximum absolute atomic E-state index is 13.8. The van der Waals surface area contributed by atoms with Crippen LogP contribution in [-0.2, 0) is 22.6 Å². The van der Waals surface area contributed by atoms with Gasteiger partial charge < -0.3 is 5.32 Å². The van der Waals surface area contributed by atoms with E-state index in [2.05, 4.69) is 10.0 Å². The highest BCUT2D eigenvalue weighted by atomic mass is 32.2. The molecule has 1 amide bonds. The fraction of sp³-hybridized carbons (Fsp3) is 0.136. The average Bonchev–Trinajstić information content (AvgIpc) is 2.75. The van der Waals surface area contributed by atoms with Crippen LogP contribution < -0.4 is 10.0 Å². The number of carbonyl (C=O) groups is 1. The Morgan fingerprint density at radius 3 is 2.31 bits per heavy atom. The average molecular weight is 466 g/mol. The smallest absolute Gasteiger partial charge is 0.352 e. The van der Waals surface area contributed by atoms with Crippen molar-refractivity contribution in [2.45, 2.75) is 17.5 Å². The van der Waals surface area contributed by atoms with Crippen LogP contribution in [0.4, 0.5) is 23.2 Å². The highest BCUT2D eigenvalue weighted by molar-refractivity contribution is 7.92. The number of hydrogen-bond acceptors (Lipinski definition) is 3. The fourth-order valence-electron chi connectivity index (χ4n) is 2.98. The van der Waals surface area contributed by atoms with Gasteiger partial charge in [0.2, 0.25) is 0 Å². The Bertz CT molecular complexity index is 1230. The summed E-state index contributed by atoms with van der Waals surface area (Å²) in [6.07, 6.45) is -4.57. The Kier molecular flexibility index (Phi) is 6.83. The molecule has 0 spiro atoms. The van der Waals surface area contributed by atoms with Crippen LogP contribution in [0.15, 0.2) is 77.7 Å². The third-order valence-electron chi connectivity index (χ3n) is 4.53. The molecular weight excluding hydrogens is 448 g/mol. The highest BCUT2D eigenvalue weighted by Gasteiger charge is 2.32. The number of sulfonamides is 1. The standard InChI is InChI=1S/C22H18F4N2O3S/c23-19-10-3-4-11-20(19)28-32(30,31)17-8-5-7-16(14-17)21(29)27-13-12-15-6-1-2-9-18(15)22(24,25)26/h1-11,14,28H,12-13H2,(H,27,29). The van der Waals surface area contributed by atoms with Gasteiger partial charge in [-0.05, 0) is 48.4 Å². The van der Waals surface area contributed by atoms with Gasteiger partial charge in [0.05, 0.1) is 16.1 Å². The molecule has 0 fully saturated rings. The van der Waals surface area contributed by atoms with Crippen molar-refractivity contribution in [1.82, 2.24) is 5.32 Å². The van der Waals surface area contributed by atoms with Crippen LogP contribution in [0.2, 0.25) is 0 Å². The lowest BCUT2D eigenvalue weighted by molar-refractivity contribution is -0.138. The number of halogens is 4. The third kappa shape index (κ3) is 5.64. The summed E-state index contributed by atoms with van der Waals surface area (Å²) >= 11 is 0. The fourth-order valence-corrected chi connectivity index (χ4v) is 4.09. The molecule has 0 aromatic heterocycles. The van der Waals surface area contributed by atoms with Gasteiger partial charge >= 0.3 is 6.18 Å². The summed E-state index contributed by atoms with van der Waals surface area (Å²) in [5, 5.41) is 2.48. The van der Waals surface area contributed by atoms with Crippen LogP contribution in [-0.4, -0.2) is 20.9 Å². The van der Waals surface area contributed by atoms with E-state index in [1.54, 1.807) is 0 Å². The molecule has 0 atom stereocenters. The van der Waals surface area contributed by atoms with Gasteiger partial charge in [0.25, 0.3) is 15.9 Å². The number of anilines is 1. The van der Waals surface area contributed by atoms with Crippen LogP contribution in [0, 0.1) is 5.82 Å². The molecule has 0 unspecified atom stereocenters. The van der Waals surface area contributed by atoms with Crippen molar-refractivity contribution in [3.63, 3.8) is 0 Å². The van der Waals surface area contributed by atoms with Gasteiger partial charge in [0.1, 0.15) is 5.82 Å². The van der Waals surface area contributed by atoms with E-state index in [4.69, 9.17) is 0 Å². The number of hydrogen-bond donors (Lipinski definition) is 2. The molecule has 0 aliphatic carbocycles. The van der Waals surface area contributed by atoms with Gasteiger partial charge in [0.15, 0.2) is 0 Å². The molecule has 0 aliphatic heterocycles. The normalized spacial score (nSPS) is 11.8. The lowest BCUT2D eigenvalue weighted by atomic mass is 10.0. The van der Waals surface area contributed by atoms with E-state index in [-0.39, 0.29) is 34.7 Å². The van der Waals surface area contributed by atoms with Crippen molar-refractivity contribution in [1.29, 1.82) is 0 Å². The Labute approximate surface area is 182 Å². The minimum Gasteiger partial charge on any atom is -0.352 e. The summed E-state index contributed by atoms with van der Waals surface area (Å²) in [5.74, 6) is -1.42. The molecule has 0 saturated carbocycles. The van der Waals surface area contributed by atoms with Crippen molar-refractivity contribution in [3.05, 3.63) is 95.3 Å². The summed E-state index contributed by atoms with van der Waals surface area (Å²) in [4.78, 5) is 12.1. The van der Waals surface area contributed by atoms with Crippen molar-refractivity contribution in [2.75, 3.05) is 11.3 Å². The summed E-state index contributed by atoms with van der Waals surface area (Å²) < 4.78 is 80.2. The van der Waals surface area contributed by atoms with Crippen LogP contribution in [0.5, 0.6) is 0 Å². The van der Waals surface area contributed by atoms with Gasteiger partial charge in [-0.15, -0.1) is 0 Å². The molecule has 5 nitrogen and oxygen atoms in total. The van der Waals surface area contributed by atoms with Gasteiger partial charge in [-0.25, -0.2) is 12.8 Å². The van der Waals surface area contributed by atoms with Crippen molar-refractivity contribution < 1.29 is 30.8 Å². The Hall–Kier alpha value is -3.40. The molecule has 32 heavy (non-hydrogen) atoms. The molecule has 10 heteroatoms. The zero-order valence-electron chi connectivity index (χ0n) is 16.5. The highest BCUT2D eigenvalue weighted by Crippen LogP contribution is 2.31. The van der Waals surface area contributed by atoms with E-state index < -0.39 is 33.5 Å². The van der Waals surface area contributed by atoms with Crippen LogP contribution in [0.3, 0.4) is 0 Å². The van der Waals surface area contributed by atoms with E-state index in [1.807, 2.05) is 0 Å². The molecule has 0 heterocycles. The van der Waals surface area contributed by atoms with E-state index in [0.29, 0.717) is 0 Å². The molecule has 3 aromatic rings. The minimum atomic E-state index is -4.51. The molecule has 0 bridgehead atoms. The lowest BCUT2D eigenvalue weighted by Crippen LogP contribution is -2.26. The first-order valence-electron chi connectivity index (χ1n) is 9.38. The summed E-state index contributed by atoms with van der Waals surface area (Å²) in [7, 11) is -4.17. The first-order chi connectivity index (χ1) is 15.1. The molecule has 2 N–H and O–H groups in total. The second kappa shape index (κ2) is 9.39. The predicted octanol–water partition coefficient (Wildman–Crippen LogP) is 4.62. The second-order valence-electron chi connectivity index (χ2n) is 6.77. The van der Waals surface area contributed by atoms with Gasteiger partial charge in [0, 0.05) is 12.1 Å². The maximum Gasteiger partial charge on any atom is 0.416 e. The van der Waals surface area contributed by atoms with Crippen molar-refractivity contribution in [2.24, 2.45) is 0 Å². The summed E-state index contributed by atoms with van der Waals surface area (Å²) in [6, 6.07) is 15.3. The van der Waals surface area contributed by atoms with E-state index >= 15 is 0 Å². The second-order valence-corrected chi connectivity index (χ2v) is 8.46. The molecule has 168 valence electrons. The van der Waals surface area contributed by atoms with E-state index in [1.165, 1.54) is 54.6 Å². The van der Waals surface area contributed by atoms with E-state index in [9.17, 15) is 30.8 Å². The number of benzene rings is 3. The number of para-hydroxylation sites is 1. The zero-order valence-corrected chi connectivity index (χ0v) is 17.3. The number of nitrogens with one attached hydrogen (secondary N) is 2. The monoisotopic (exact) mass is 466 g/mol. The third-order valence-corrected chi connectivity index (χ3v) is 5.89. The number of rotatable bonds is 7. The number of carbonyl (C=O) groups excluding carboxylic acids is 1. The van der Waals surface area contributed by atoms with Crippen molar-refractivity contribution >= 4 is 21.6 Å². The largest absolute Gasteiger partial charge is 0.416 e. The Morgan fingerprint density at radius 1 is 0.906 bits per heavy atom. The summed E-state index contributed by atoms with van der Waals surface area (Å²) in [6.45, 7) is -0.0869. The lowest BCUT2D eigenvalue weighted by Gasteiger charge is -2.13. The number of alkyl halides is 3. The van der Waals surface area contributed by atoms with Gasteiger partial charge in [-0.3, -0.25) is 9.52 Å². The molecule has 0 saturated heterocycles. The van der Waals surface area contributed by atoms with Gasteiger partial charge in [-0.1, -0.05) is 36.4 Å². The molecule has 3 rings (SSSR count). The topological polar surface area (TPSA) is 75.3 Å². The number of amides is 1. The molecular formula is C22H18F4N2O3S. The van der Waals surface area contributed by atoms with Crippen LogP contribution in [0.1, 0.15) is 21.5 Å². The van der Waals surface area contributed by atoms with Gasteiger partial charge in [-0.2, -0.15) is 13.2 Å². The molecule has 0 radical (unpaired) electrons.